The largest absolute Gasteiger partial charge is 0.480 e. The van der Waals surface area contributed by atoms with Crippen molar-refractivity contribution >= 4 is 18.0 Å². The molecule has 0 aliphatic heterocycles. The Balaban J connectivity index is 4.27. The van der Waals surface area contributed by atoms with Crippen molar-refractivity contribution in [3.8, 4) is 0 Å². The lowest BCUT2D eigenvalue weighted by Crippen LogP contribution is -2.55. The average molecular weight is 274 g/mol. The number of esters is 1. The number of carbonyl (C=O) groups excluding carboxylic acids is 2. The molecule has 1 atom stereocenters. The first-order valence-electron chi connectivity index (χ1n) is 6.10. The van der Waals surface area contributed by atoms with Gasteiger partial charge in [0.05, 0.1) is 7.11 Å². The average Bonchev–Trinajstić information content (AvgIpc) is 2.37. The lowest BCUT2D eigenvalue weighted by molar-refractivity contribution is -0.144. The highest BCUT2D eigenvalue weighted by atomic mass is 16.5. The summed E-state index contributed by atoms with van der Waals surface area (Å²) in [5.41, 5.74) is -1.28. The highest BCUT2D eigenvalue weighted by molar-refractivity contribution is 5.85. The predicted octanol–water partition coefficient (Wildman–Crippen LogP) is 0.834. The van der Waals surface area contributed by atoms with Gasteiger partial charge in [-0.2, -0.15) is 0 Å². The lowest BCUT2D eigenvalue weighted by atomic mass is 10.00. The van der Waals surface area contributed by atoms with Crippen LogP contribution in [-0.2, 0) is 14.3 Å². The number of carboxylic acids is 1. The fourth-order valence-corrected chi connectivity index (χ4v) is 1.29. The van der Waals surface area contributed by atoms with Crippen LogP contribution in [0.4, 0.5) is 4.79 Å². The number of hydrogen-bond acceptors (Lipinski definition) is 4. The third-order valence-corrected chi connectivity index (χ3v) is 3.01. The SMILES string of the molecule is CCC(C)(NC(=O)N(C)CCCC(=O)OC)C(=O)O. The van der Waals surface area contributed by atoms with E-state index in [0.717, 1.165) is 0 Å². The van der Waals surface area contributed by atoms with Crippen LogP contribution in [0.15, 0.2) is 0 Å². The molecule has 0 aromatic rings. The molecule has 19 heavy (non-hydrogen) atoms. The summed E-state index contributed by atoms with van der Waals surface area (Å²) in [6, 6.07) is -0.475. The van der Waals surface area contributed by atoms with Gasteiger partial charge in [0.2, 0.25) is 0 Å². The summed E-state index contributed by atoms with van der Waals surface area (Å²) in [4.78, 5) is 35.1. The molecule has 1 unspecified atom stereocenters. The van der Waals surface area contributed by atoms with Crippen molar-refractivity contribution in [1.82, 2.24) is 10.2 Å². The van der Waals surface area contributed by atoms with E-state index in [-0.39, 0.29) is 18.8 Å². The van der Waals surface area contributed by atoms with Crippen molar-refractivity contribution in [2.45, 2.75) is 38.6 Å². The molecular formula is C12H22N2O5. The van der Waals surface area contributed by atoms with Crippen molar-refractivity contribution in [3.05, 3.63) is 0 Å². The van der Waals surface area contributed by atoms with E-state index in [2.05, 4.69) is 10.1 Å². The summed E-state index contributed by atoms with van der Waals surface area (Å²) < 4.78 is 4.49. The Morgan fingerprint density at radius 3 is 2.37 bits per heavy atom. The molecule has 0 spiro atoms. The van der Waals surface area contributed by atoms with Crippen LogP contribution in [0.1, 0.15) is 33.1 Å². The molecule has 0 aromatic heterocycles. The van der Waals surface area contributed by atoms with Gasteiger partial charge in [0, 0.05) is 20.0 Å². The van der Waals surface area contributed by atoms with Crippen LogP contribution in [-0.4, -0.2) is 54.2 Å². The number of nitrogens with one attached hydrogen (secondary N) is 1. The summed E-state index contributed by atoms with van der Waals surface area (Å²) in [5.74, 6) is -1.41. The Hall–Kier alpha value is -1.79. The van der Waals surface area contributed by atoms with Gasteiger partial charge in [0.1, 0.15) is 5.54 Å². The third kappa shape index (κ3) is 5.58. The summed E-state index contributed by atoms with van der Waals surface area (Å²) >= 11 is 0. The van der Waals surface area contributed by atoms with Gasteiger partial charge in [-0.05, 0) is 19.8 Å². The topological polar surface area (TPSA) is 95.9 Å². The molecule has 0 radical (unpaired) electrons. The highest BCUT2D eigenvalue weighted by Crippen LogP contribution is 2.10. The molecule has 0 aliphatic rings. The number of hydrogen-bond donors (Lipinski definition) is 2. The molecule has 0 saturated carbocycles. The molecule has 7 heteroatoms. The Labute approximate surface area is 112 Å². The summed E-state index contributed by atoms with van der Waals surface area (Å²) in [5, 5.41) is 11.5. The number of ether oxygens (including phenoxy) is 1. The number of rotatable bonds is 7. The normalized spacial score (nSPS) is 13.3. The number of nitrogens with zero attached hydrogens (tertiary/aromatic N) is 1. The van der Waals surface area contributed by atoms with E-state index in [1.807, 2.05) is 0 Å². The van der Waals surface area contributed by atoms with E-state index < -0.39 is 17.5 Å². The first-order chi connectivity index (χ1) is 8.76. The second kappa shape index (κ2) is 7.60. The molecule has 0 heterocycles. The number of methoxy groups -OCH3 is 1. The quantitative estimate of drug-likeness (QED) is 0.670. The maximum Gasteiger partial charge on any atom is 0.329 e. The van der Waals surface area contributed by atoms with E-state index >= 15 is 0 Å². The summed E-state index contributed by atoms with van der Waals surface area (Å²) in [6.45, 7) is 3.49. The summed E-state index contributed by atoms with van der Waals surface area (Å²) in [7, 11) is 2.85. The third-order valence-electron chi connectivity index (χ3n) is 3.01. The number of amides is 2. The summed E-state index contributed by atoms with van der Waals surface area (Å²) in [6.07, 6.45) is 0.967. The van der Waals surface area contributed by atoms with Crippen molar-refractivity contribution in [2.75, 3.05) is 20.7 Å². The molecule has 0 aromatic carbocycles. The molecular weight excluding hydrogens is 252 g/mol. The second-order valence-electron chi connectivity index (χ2n) is 4.52. The predicted molar refractivity (Wildman–Crippen MR) is 68.7 cm³/mol. The molecule has 110 valence electrons. The van der Waals surface area contributed by atoms with Gasteiger partial charge >= 0.3 is 18.0 Å². The van der Waals surface area contributed by atoms with Crippen LogP contribution in [0, 0.1) is 0 Å². The van der Waals surface area contributed by atoms with Crippen LogP contribution >= 0.6 is 0 Å². The molecule has 2 amide bonds. The first-order valence-corrected chi connectivity index (χ1v) is 6.10. The fourth-order valence-electron chi connectivity index (χ4n) is 1.29. The first kappa shape index (κ1) is 17.2. The van der Waals surface area contributed by atoms with Crippen LogP contribution < -0.4 is 5.32 Å². The monoisotopic (exact) mass is 274 g/mol. The zero-order chi connectivity index (χ0) is 15.1. The smallest absolute Gasteiger partial charge is 0.329 e. The Morgan fingerprint density at radius 1 is 1.37 bits per heavy atom. The Kier molecular flexibility index (Phi) is 6.89. The maximum atomic E-state index is 11.8. The second-order valence-corrected chi connectivity index (χ2v) is 4.52. The van der Waals surface area contributed by atoms with Gasteiger partial charge in [0.15, 0.2) is 0 Å². The van der Waals surface area contributed by atoms with Gasteiger partial charge in [-0.25, -0.2) is 9.59 Å². The Bertz CT molecular complexity index is 345. The van der Waals surface area contributed by atoms with Crippen molar-refractivity contribution < 1.29 is 24.2 Å². The number of urea groups is 1. The minimum Gasteiger partial charge on any atom is -0.480 e. The van der Waals surface area contributed by atoms with Crippen molar-refractivity contribution in [1.29, 1.82) is 0 Å². The van der Waals surface area contributed by atoms with Crippen molar-refractivity contribution in [3.63, 3.8) is 0 Å². The number of carboxylic acid groups (broad SMARTS) is 1. The molecule has 0 saturated heterocycles. The highest BCUT2D eigenvalue weighted by Gasteiger charge is 2.33. The fraction of sp³-hybridized carbons (Fsp3) is 0.750. The van der Waals surface area contributed by atoms with Crippen molar-refractivity contribution in [2.24, 2.45) is 0 Å². The molecule has 0 rings (SSSR count). The maximum absolute atomic E-state index is 11.8. The number of carbonyl (C=O) groups is 3. The van der Waals surface area contributed by atoms with E-state index in [9.17, 15) is 14.4 Å². The van der Waals surface area contributed by atoms with E-state index in [1.165, 1.54) is 18.9 Å². The Morgan fingerprint density at radius 2 is 1.95 bits per heavy atom. The van der Waals surface area contributed by atoms with E-state index in [1.54, 1.807) is 14.0 Å². The van der Waals surface area contributed by atoms with Crippen LogP contribution in [0.5, 0.6) is 0 Å². The van der Waals surface area contributed by atoms with Gasteiger partial charge in [-0.1, -0.05) is 6.92 Å². The van der Waals surface area contributed by atoms with Gasteiger partial charge in [-0.3, -0.25) is 4.79 Å². The molecule has 0 bridgehead atoms. The molecule has 0 aliphatic carbocycles. The van der Waals surface area contributed by atoms with Crippen LogP contribution in [0.25, 0.3) is 0 Å². The molecule has 2 N–H and O–H groups in total. The minimum atomic E-state index is -1.28. The van der Waals surface area contributed by atoms with E-state index in [0.29, 0.717) is 13.0 Å². The zero-order valence-corrected chi connectivity index (χ0v) is 11.9. The molecule has 7 nitrogen and oxygen atoms in total. The minimum absolute atomic E-state index is 0.220. The van der Waals surface area contributed by atoms with Crippen LogP contribution in [0.2, 0.25) is 0 Å². The number of aliphatic carboxylic acids is 1. The zero-order valence-electron chi connectivity index (χ0n) is 11.9. The molecule has 0 fully saturated rings. The van der Waals surface area contributed by atoms with Gasteiger partial charge < -0.3 is 20.1 Å². The van der Waals surface area contributed by atoms with Crippen LogP contribution in [0.3, 0.4) is 0 Å². The van der Waals surface area contributed by atoms with Gasteiger partial charge in [-0.15, -0.1) is 0 Å². The lowest BCUT2D eigenvalue weighted by Gasteiger charge is -2.28. The standard InChI is InChI=1S/C12H22N2O5/c1-5-12(2,10(16)17)13-11(18)14(3)8-6-7-9(15)19-4/h5-8H2,1-4H3,(H,13,18)(H,16,17). The van der Waals surface area contributed by atoms with E-state index in [4.69, 9.17) is 5.11 Å². The van der Waals surface area contributed by atoms with Gasteiger partial charge in [0.25, 0.3) is 0 Å².